The Hall–Kier alpha value is -2.54. The molecule has 0 atom stereocenters. The van der Waals surface area contributed by atoms with E-state index in [1.54, 1.807) is 15.6 Å². The first-order chi connectivity index (χ1) is 11.0. The number of nitrogens with one attached hydrogen (secondary N) is 1. The Morgan fingerprint density at radius 1 is 1.17 bits per heavy atom. The molecule has 6 nitrogen and oxygen atoms in total. The van der Waals surface area contributed by atoms with E-state index in [-0.39, 0.29) is 0 Å². The molecule has 0 aliphatic rings. The number of hydrogen-bond donors (Lipinski definition) is 1. The number of benzene rings is 1. The summed E-state index contributed by atoms with van der Waals surface area (Å²) in [6.45, 7) is 8.02. The summed E-state index contributed by atoms with van der Waals surface area (Å²) in [6, 6.07) is 8.23. The van der Waals surface area contributed by atoms with E-state index in [0.717, 1.165) is 22.5 Å². The zero-order valence-corrected chi connectivity index (χ0v) is 14.3. The van der Waals surface area contributed by atoms with Crippen LogP contribution < -0.4 is 0 Å². The summed E-state index contributed by atoms with van der Waals surface area (Å²) in [6.07, 6.45) is 1.79. The van der Waals surface area contributed by atoms with Crippen LogP contribution in [0.25, 0.3) is 5.95 Å². The second-order valence-corrected chi connectivity index (χ2v) is 5.97. The summed E-state index contributed by atoms with van der Waals surface area (Å²) in [7, 11) is 0. The minimum Gasteiger partial charge on any atom is -0.248 e. The van der Waals surface area contributed by atoms with Gasteiger partial charge in [-0.1, -0.05) is 23.8 Å². The molecule has 0 fully saturated rings. The molecule has 3 rings (SSSR count). The van der Waals surface area contributed by atoms with Gasteiger partial charge in [0.15, 0.2) is 0 Å². The van der Waals surface area contributed by atoms with Gasteiger partial charge in [0, 0.05) is 5.69 Å². The smallest absolute Gasteiger partial charge is 0.248 e. The summed E-state index contributed by atoms with van der Waals surface area (Å²) in [5, 5.41) is 16.0. The summed E-state index contributed by atoms with van der Waals surface area (Å²) in [4.78, 5) is 0. The molecule has 0 radical (unpaired) electrons. The van der Waals surface area contributed by atoms with E-state index < -0.39 is 0 Å². The number of aromatic nitrogens is 5. The van der Waals surface area contributed by atoms with Crippen molar-refractivity contribution in [2.75, 3.05) is 0 Å². The highest BCUT2D eigenvalue weighted by atomic mass is 32.1. The van der Waals surface area contributed by atoms with Crippen LogP contribution in [0.1, 0.15) is 28.1 Å². The highest BCUT2D eigenvalue weighted by molar-refractivity contribution is 7.71. The van der Waals surface area contributed by atoms with E-state index in [2.05, 4.69) is 52.4 Å². The Balaban J connectivity index is 2.06. The molecular formula is C16H18N6S. The fourth-order valence-corrected chi connectivity index (χ4v) is 2.55. The SMILES string of the molecule is Cc1ccc(C)c(/C=N\n2c(-n3nc(C)cc3C)n[nH]c2=S)c1. The number of hydrogen-bond acceptors (Lipinski definition) is 4. The van der Waals surface area contributed by atoms with Gasteiger partial charge in [0.25, 0.3) is 5.95 Å². The van der Waals surface area contributed by atoms with Crippen molar-refractivity contribution < 1.29 is 0 Å². The summed E-state index contributed by atoms with van der Waals surface area (Å²) >= 11 is 5.29. The highest BCUT2D eigenvalue weighted by Gasteiger charge is 2.11. The lowest BCUT2D eigenvalue weighted by atomic mass is 10.1. The van der Waals surface area contributed by atoms with Crippen LogP contribution in [0.5, 0.6) is 0 Å². The van der Waals surface area contributed by atoms with Crippen LogP contribution in [0.3, 0.4) is 0 Å². The van der Waals surface area contributed by atoms with Gasteiger partial charge in [0.1, 0.15) is 0 Å². The third-order valence-corrected chi connectivity index (χ3v) is 3.84. The van der Waals surface area contributed by atoms with Crippen LogP contribution in [0.4, 0.5) is 0 Å². The predicted octanol–water partition coefficient (Wildman–Crippen LogP) is 3.24. The van der Waals surface area contributed by atoms with Crippen LogP contribution in [-0.2, 0) is 0 Å². The Labute approximate surface area is 139 Å². The van der Waals surface area contributed by atoms with Gasteiger partial charge in [0.05, 0.1) is 11.9 Å². The lowest BCUT2D eigenvalue weighted by Crippen LogP contribution is -2.07. The molecule has 118 valence electrons. The van der Waals surface area contributed by atoms with Crippen LogP contribution in [0, 0.1) is 32.5 Å². The molecule has 1 N–H and O–H groups in total. The highest BCUT2D eigenvalue weighted by Crippen LogP contribution is 2.12. The molecule has 0 bridgehead atoms. The number of H-pyrrole nitrogens is 1. The molecular weight excluding hydrogens is 308 g/mol. The van der Waals surface area contributed by atoms with E-state index in [1.165, 1.54) is 5.56 Å². The molecule has 0 saturated carbocycles. The van der Waals surface area contributed by atoms with E-state index >= 15 is 0 Å². The Bertz CT molecular complexity index is 944. The molecule has 0 aliphatic carbocycles. The number of aromatic amines is 1. The van der Waals surface area contributed by atoms with Crippen molar-refractivity contribution in [1.82, 2.24) is 24.7 Å². The summed E-state index contributed by atoms with van der Waals surface area (Å²) in [5.41, 5.74) is 5.28. The first-order valence-electron chi connectivity index (χ1n) is 7.28. The van der Waals surface area contributed by atoms with Gasteiger partial charge in [-0.15, -0.1) is 5.10 Å². The van der Waals surface area contributed by atoms with Gasteiger partial charge >= 0.3 is 0 Å². The predicted molar refractivity (Wildman–Crippen MR) is 92.9 cm³/mol. The molecule has 1 aromatic carbocycles. The zero-order chi connectivity index (χ0) is 16.6. The first-order valence-corrected chi connectivity index (χ1v) is 7.69. The first kappa shape index (κ1) is 15.4. The lowest BCUT2D eigenvalue weighted by Gasteiger charge is -2.04. The van der Waals surface area contributed by atoms with Crippen molar-refractivity contribution in [3.63, 3.8) is 0 Å². The summed E-state index contributed by atoms with van der Waals surface area (Å²) in [5.74, 6) is 0.544. The lowest BCUT2D eigenvalue weighted by molar-refractivity contribution is 0.714. The van der Waals surface area contributed by atoms with E-state index in [9.17, 15) is 0 Å². The topological polar surface area (TPSA) is 63.8 Å². The minimum absolute atomic E-state index is 0.425. The van der Waals surface area contributed by atoms with Gasteiger partial charge in [-0.25, -0.2) is 9.78 Å². The van der Waals surface area contributed by atoms with Crippen LogP contribution >= 0.6 is 12.2 Å². The van der Waals surface area contributed by atoms with Crippen LogP contribution in [0.15, 0.2) is 29.4 Å². The zero-order valence-electron chi connectivity index (χ0n) is 13.5. The molecule has 2 heterocycles. The third-order valence-electron chi connectivity index (χ3n) is 3.58. The monoisotopic (exact) mass is 326 g/mol. The average molecular weight is 326 g/mol. The maximum Gasteiger partial charge on any atom is 0.271 e. The van der Waals surface area contributed by atoms with Gasteiger partial charge in [-0.05, 0) is 57.1 Å². The molecule has 0 spiro atoms. The molecule has 0 aliphatic heterocycles. The molecule has 0 saturated heterocycles. The fourth-order valence-electron chi connectivity index (χ4n) is 2.37. The summed E-state index contributed by atoms with van der Waals surface area (Å²) < 4.78 is 3.73. The van der Waals surface area contributed by atoms with E-state index in [0.29, 0.717) is 10.7 Å². The van der Waals surface area contributed by atoms with Crippen molar-refractivity contribution in [2.24, 2.45) is 5.10 Å². The molecule has 7 heteroatoms. The number of aryl methyl sites for hydroxylation is 4. The Morgan fingerprint density at radius 2 is 1.96 bits per heavy atom. The minimum atomic E-state index is 0.425. The van der Waals surface area contributed by atoms with E-state index in [4.69, 9.17) is 12.2 Å². The van der Waals surface area contributed by atoms with Crippen molar-refractivity contribution in [3.05, 3.63) is 57.1 Å². The Kier molecular flexibility index (Phi) is 3.96. The third kappa shape index (κ3) is 3.00. The van der Waals surface area contributed by atoms with Gasteiger partial charge in [0.2, 0.25) is 4.77 Å². The van der Waals surface area contributed by atoms with Gasteiger partial charge in [-0.3, -0.25) is 0 Å². The van der Waals surface area contributed by atoms with Gasteiger partial charge in [-0.2, -0.15) is 14.9 Å². The van der Waals surface area contributed by atoms with Crippen LogP contribution in [-0.4, -0.2) is 30.9 Å². The fraction of sp³-hybridized carbons (Fsp3) is 0.250. The molecule has 23 heavy (non-hydrogen) atoms. The molecule has 0 unspecified atom stereocenters. The molecule has 3 aromatic rings. The second kappa shape index (κ2) is 5.92. The maximum atomic E-state index is 5.29. The van der Waals surface area contributed by atoms with Crippen molar-refractivity contribution in [2.45, 2.75) is 27.7 Å². The molecule has 2 aromatic heterocycles. The average Bonchev–Trinajstić information content (AvgIpc) is 3.02. The number of nitrogens with zero attached hydrogens (tertiary/aromatic N) is 5. The molecule has 0 amide bonds. The Morgan fingerprint density at radius 3 is 2.65 bits per heavy atom. The standard InChI is InChI=1S/C16H18N6S/c1-10-5-6-11(2)14(7-10)9-17-22-15(18-19-16(22)23)21-13(4)8-12(3)20-21/h5-9H,1-4H3,(H,19,23)/b17-9-. The van der Waals surface area contributed by atoms with Crippen molar-refractivity contribution in [1.29, 1.82) is 0 Å². The maximum absolute atomic E-state index is 5.29. The number of rotatable bonds is 3. The van der Waals surface area contributed by atoms with E-state index in [1.807, 2.05) is 19.9 Å². The largest absolute Gasteiger partial charge is 0.271 e. The second-order valence-electron chi connectivity index (χ2n) is 5.58. The van der Waals surface area contributed by atoms with Crippen molar-refractivity contribution in [3.8, 4) is 5.95 Å². The van der Waals surface area contributed by atoms with Crippen LogP contribution in [0.2, 0.25) is 0 Å². The van der Waals surface area contributed by atoms with Crippen molar-refractivity contribution >= 4 is 18.4 Å². The quantitative estimate of drug-likeness (QED) is 0.593. The normalized spacial score (nSPS) is 11.5. The van der Waals surface area contributed by atoms with Gasteiger partial charge < -0.3 is 0 Å².